The number of aromatic nitrogens is 2. The van der Waals surface area contributed by atoms with Crippen molar-refractivity contribution in [1.82, 2.24) is 9.55 Å². The number of hydrogen-bond acceptors (Lipinski definition) is 3. The quantitative estimate of drug-likeness (QED) is 0.161. The van der Waals surface area contributed by atoms with E-state index >= 15 is 0 Å². The first-order chi connectivity index (χ1) is 27.3. The van der Waals surface area contributed by atoms with Crippen LogP contribution in [0.5, 0.6) is 0 Å². The molecule has 0 spiro atoms. The molecule has 2 heterocycles. The molecule has 0 atom stereocenters. The molecule has 0 aliphatic heterocycles. The molecule has 0 radical (unpaired) electrons. The number of allylic oxidation sites excluding steroid dienone is 10. The molecule has 0 amide bonds. The van der Waals surface area contributed by atoms with E-state index in [1.54, 1.807) is 0 Å². The predicted molar refractivity (Wildman–Crippen MR) is 230 cm³/mol. The highest BCUT2D eigenvalue weighted by Gasteiger charge is 2.25. The van der Waals surface area contributed by atoms with Crippen molar-refractivity contribution in [1.29, 1.82) is 0 Å². The van der Waals surface area contributed by atoms with Gasteiger partial charge in [0.2, 0.25) is 5.89 Å². The van der Waals surface area contributed by atoms with Gasteiger partial charge < -0.3 is 13.9 Å². The zero-order chi connectivity index (χ0) is 36.3. The molecule has 4 aliphatic carbocycles. The van der Waals surface area contributed by atoms with E-state index in [4.69, 9.17) is 9.40 Å². The number of benzene rings is 5. The van der Waals surface area contributed by atoms with Crippen LogP contribution < -0.4 is 4.90 Å². The summed E-state index contributed by atoms with van der Waals surface area (Å²) in [6, 6.07) is 35.5. The summed E-state index contributed by atoms with van der Waals surface area (Å²) in [5.74, 6) is 0.711. The maximum atomic E-state index is 6.60. The average Bonchev–Trinajstić information content (AvgIpc) is 3.85. The zero-order valence-corrected chi connectivity index (χ0v) is 30.8. The number of rotatable bonds is 6. The average molecular weight is 712 g/mol. The molecule has 0 unspecified atom stereocenters. The van der Waals surface area contributed by atoms with Gasteiger partial charge in [-0.2, -0.15) is 0 Å². The van der Waals surface area contributed by atoms with Crippen LogP contribution in [-0.2, 0) is 12.8 Å². The predicted octanol–water partition coefficient (Wildman–Crippen LogP) is 13.5. The molecule has 0 bridgehead atoms. The molecule has 266 valence electrons. The fourth-order valence-electron chi connectivity index (χ4n) is 9.26. The molecular weight excluding hydrogens is 671 g/mol. The summed E-state index contributed by atoms with van der Waals surface area (Å²) in [6.45, 7) is 0. The lowest BCUT2D eigenvalue weighted by atomic mass is 9.94. The van der Waals surface area contributed by atoms with Crippen molar-refractivity contribution in [2.24, 2.45) is 0 Å². The maximum Gasteiger partial charge on any atom is 0.223 e. The van der Waals surface area contributed by atoms with E-state index in [0.717, 1.165) is 79.1 Å². The molecule has 5 aromatic carbocycles. The van der Waals surface area contributed by atoms with Crippen LogP contribution in [0.15, 0.2) is 150 Å². The van der Waals surface area contributed by atoms with E-state index < -0.39 is 0 Å². The van der Waals surface area contributed by atoms with Gasteiger partial charge in [-0.25, -0.2) is 4.98 Å². The van der Waals surface area contributed by atoms with E-state index in [9.17, 15) is 0 Å². The Hall–Kier alpha value is -6.39. The maximum absolute atomic E-state index is 6.60. The Morgan fingerprint density at radius 1 is 0.582 bits per heavy atom. The van der Waals surface area contributed by atoms with Crippen molar-refractivity contribution in [2.45, 2.75) is 51.4 Å². The number of fused-ring (bicyclic) bond motifs is 8. The molecule has 0 N–H and O–H groups in total. The summed E-state index contributed by atoms with van der Waals surface area (Å²) >= 11 is 0. The number of nitrogens with zero attached hydrogens (tertiary/aromatic N) is 3. The van der Waals surface area contributed by atoms with Crippen LogP contribution in [0.2, 0.25) is 0 Å². The Balaban J connectivity index is 0.986. The van der Waals surface area contributed by atoms with Gasteiger partial charge in [-0.3, -0.25) is 0 Å². The Morgan fingerprint density at radius 3 is 2.16 bits per heavy atom. The smallest absolute Gasteiger partial charge is 0.223 e. The summed E-state index contributed by atoms with van der Waals surface area (Å²) in [6.07, 6.45) is 28.9. The minimum Gasteiger partial charge on any atom is -0.436 e. The van der Waals surface area contributed by atoms with Crippen LogP contribution >= 0.6 is 0 Å². The van der Waals surface area contributed by atoms with Crippen LogP contribution in [0.1, 0.15) is 72.5 Å². The Labute approximate surface area is 321 Å². The number of anilines is 2. The summed E-state index contributed by atoms with van der Waals surface area (Å²) < 4.78 is 9.08. The van der Waals surface area contributed by atoms with E-state index in [1.165, 1.54) is 66.9 Å². The van der Waals surface area contributed by atoms with Crippen molar-refractivity contribution in [3.05, 3.63) is 179 Å². The molecule has 2 aromatic heterocycles. The van der Waals surface area contributed by atoms with Gasteiger partial charge in [0, 0.05) is 45.1 Å². The second-order valence-corrected chi connectivity index (χ2v) is 15.2. The fraction of sp³-hybridized carbons (Fsp3) is 0.157. The van der Waals surface area contributed by atoms with Crippen molar-refractivity contribution >= 4 is 67.3 Å². The lowest BCUT2D eigenvalue weighted by Gasteiger charge is -2.30. The lowest BCUT2D eigenvalue weighted by Crippen LogP contribution is -2.18. The summed E-state index contributed by atoms with van der Waals surface area (Å²) in [4.78, 5) is 7.46. The first kappa shape index (κ1) is 32.1. The monoisotopic (exact) mass is 711 g/mol. The van der Waals surface area contributed by atoms with Crippen LogP contribution in [0, 0.1) is 0 Å². The van der Waals surface area contributed by atoms with Gasteiger partial charge in [0.15, 0.2) is 5.58 Å². The third-order valence-electron chi connectivity index (χ3n) is 12.0. The molecule has 7 aromatic rings. The highest BCUT2D eigenvalue weighted by Crippen LogP contribution is 2.41. The Kier molecular flexibility index (Phi) is 7.68. The van der Waals surface area contributed by atoms with E-state index in [1.807, 2.05) is 0 Å². The molecule has 0 saturated heterocycles. The van der Waals surface area contributed by atoms with E-state index in [0.29, 0.717) is 5.89 Å². The molecule has 4 aliphatic rings. The molecule has 0 fully saturated rings. The summed E-state index contributed by atoms with van der Waals surface area (Å²) in [5.41, 5.74) is 16.1. The van der Waals surface area contributed by atoms with Crippen LogP contribution in [0.3, 0.4) is 0 Å². The lowest BCUT2D eigenvalue weighted by molar-refractivity contribution is 0.582. The third kappa shape index (κ3) is 5.47. The van der Waals surface area contributed by atoms with Gasteiger partial charge in [0.05, 0.1) is 0 Å². The molecule has 55 heavy (non-hydrogen) atoms. The van der Waals surface area contributed by atoms with Crippen molar-refractivity contribution in [2.75, 3.05) is 4.90 Å². The Bertz CT molecular complexity index is 2830. The number of oxazole rings is 1. The van der Waals surface area contributed by atoms with Crippen molar-refractivity contribution in [3.63, 3.8) is 0 Å². The largest absolute Gasteiger partial charge is 0.436 e. The SMILES string of the molecule is C1=CCCC(c2cccc(N(C3=CC=C(c4nc5ccc6c7ccccc7ccc6c5o4)CC3)c3ccc(-n4c5c(c6c4C=CCC6)CCC=C5)cc3)c2)=C1. The van der Waals surface area contributed by atoms with Crippen molar-refractivity contribution < 1.29 is 4.42 Å². The normalized spacial score (nSPS) is 16.3. The van der Waals surface area contributed by atoms with Gasteiger partial charge in [0.25, 0.3) is 0 Å². The van der Waals surface area contributed by atoms with Crippen LogP contribution in [-0.4, -0.2) is 9.55 Å². The highest BCUT2D eigenvalue weighted by atomic mass is 16.3. The molecule has 11 rings (SSSR count). The second-order valence-electron chi connectivity index (χ2n) is 15.2. The molecule has 4 nitrogen and oxygen atoms in total. The van der Waals surface area contributed by atoms with Gasteiger partial charge in [-0.05, 0) is 157 Å². The van der Waals surface area contributed by atoms with Crippen LogP contribution in [0.4, 0.5) is 11.4 Å². The molecular formula is C51H41N3O. The molecule has 0 saturated carbocycles. The van der Waals surface area contributed by atoms with Gasteiger partial charge >= 0.3 is 0 Å². The van der Waals surface area contributed by atoms with Crippen LogP contribution in [0.25, 0.3) is 61.6 Å². The van der Waals surface area contributed by atoms with E-state index in [-0.39, 0.29) is 0 Å². The van der Waals surface area contributed by atoms with Crippen molar-refractivity contribution in [3.8, 4) is 5.69 Å². The third-order valence-corrected chi connectivity index (χ3v) is 12.0. The zero-order valence-electron chi connectivity index (χ0n) is 30.8. The Morgan fingerprint density at radius 2 is 1.38 bits per heavy atom. The summed E-state index contributed by atoms with van der Waals surface area (Å²) in [7, 11) is 0. The van der Waals surface area contributed by atoms with Gasteiger partial charge in [0.1, 0.15) is 5.52 Å². The minimum atomic E-state index is 0.711. The second kappa shape index (κ2) is 13.2. The molecule has 4 heteroatoms. The fourth-order valence-corrected chi connectivity index (χ4v) is 9.26. The number of hydrogen-bond donors (Lipinski definition) is 0. The van der Waals surface area contributed by atoms with E-state index in [2.05, 4.69) is 161 Å². The first-order valence-corrected chi connectivity index (χ1v) is 19.8. The van der Waals surface area contributed by atoms with Gasteiger partial charge in [-0.15, -0.1) is 0 Å². The summed E-state index contributed by atoms with van der Waals surface area (Å²) in [5, 5.41) is 4.77. The van der Waals surface area contributed by atoms with Gasteiger partial charge in [-0.1, -0.05) is 85.0 Å². The minimum absolute atomic E-state index is 0.711. The standard InChI is InChI=1S/C51H41N3O/c1-2-11-34(12-3-1)37-14-10-15-41(33-37)53(39-26-28-40(29-27-39)54-48-19-8-6-17-44(48)45-18-7-9-20-49(45)54)38-24-21-36(22-25-38)51-52-47-32-31-43-42-16-5-4-13-35(42)23-30-46(43)50(47)55-51/h1-2,4-5,8-11,13-16,19-21,23-24,26-33H,3,6-7,12,17-18,22,25H2. The highest BCUT2D eigenvalue weighted by molar-refractivity contribution is 6.15. The topological polar surface area (TPSA) is 34.2 Å². The first-order valence-electron chi connectivity index (χ1n) is 19.8.